The van der Waals surface area contributed by atoms with Crippen molar-refractivity contribution in [3.8, 4) is 0 Å². The van der Waals surface area contributed by atoms with Gasteiger partial charge in [-0.3, -0.25) is 9.46 Å². The van der Waals surface area contributed by atoms with E-state index in [9.17, 15) is 5.21 Å². The Balaban J connectivity index is 2.15. The summed E-state index contributed by atoms with van der Waals surface area (Å²) in [6.07, 6.45) is 2.58. The summed E-state index contributed by atoms with van der Waals surface area (Å²) in [5.41, 5.74) is 0.869. The van der Waals surface area contributed by atoms with Gasteiger partial charge in [0.15, 0.2) is 0 Å². The first-order valence-electron chi connectivity index (χ1n) is 7.46. The van der Waals surface area contributed by atoms with Gasteiger partial charge in [-0.25, -0.2) is 4.98 Å². The van der Waals surface area contributed by atoms with Crippen LogP contribution in [0.1, 0.15) is 26.3 Å². The zero-order valence-electron chi connectivity index (χ0n) is 12.8. The molecule has 1 saturated heterocycles. The third kappa shape index (κ3) is 2.67. The van der Waals surface area contributed by atoms with E-state index in [0.29, 0.717) is 35.6 Å². The number of aromatic nitrogens is 3. The summed E-state index contributed by atoms with van der Waals surface area (Å²) < 4.78 is 9.27. The van der Waals surface area contributed by atoms with Gasteiger partial charge in [0, 0.05) is 18.3 Å². The van der Waals surface area contributed by atoms with Crippen LogP contribution in [-0.4, -0.2) is 39.4 Å². The summed E-state index contributed by atoms with van der Waals surface area (Å²) in [6, 6.07) is 1.97. The number of hydrogen-bond acceptors (Lipinski definition) is 4. The predicted molar refractivity (Wildman–Crippen MR) is 92.3 cm³/mol. The second kappa shape index (κ2) is 5.88. The normalized spacial score (nSPS) is 27.2. The molecule has 8 heteroatoms. The molecule has 1 aliphatic heterocycles. The zero-order chi connectivity index (χ0) is 15.9. The van der Waals surface area contributed by atoms with Crippen molar-refractivity contribution in [2.45, 2.75) is 26.3 Å². The molecule has 120 valence electrons. The van der Waals surface area contributed by atoms with Crippen LogP contribution in [0.2, 0.25) is 5.15 Å². The molecule has 1 fully saturated rings. The lowest BCUT2D eigenvalue weighted by molar-refractivity contribution is 0.386. The van der Waals surface area contributed by atoms with Crippen LogP contribution in [0.5, 0.6) is 0 Å². The van der Waals surface area contributed by atoms with E-state index in [4.69, 9.17) is 16.4 Å². The van der Waals surface area contributed by atoms with Crippen molar-refractivity contribution in [2.75, 3.05) is 24.6 Å². The highest BCUT2D eigenvalue weighted by molar-refractivity contribution is 7.86. The van der Waals surface area contributed by atoms with E-state index in [-0.39, 0.29) is 16.7 Å². The highest BCUT2D eigenvalue weighted by Gasteiger charge is 2.32. The smallest absolute Gasteiger partial charge is 0.256 e. The van der Waals surface area contributed by atoms with Gasteiger partial charge in [0.1, 0.15) is 10.5 Å². The van der Waals surface area contributed by atoms with Crippen LogP contribution in [-0.2, 0) is 10.7 Å². The minimum absolute atomic E-state index is 0.192. The van der Waals surface area contributed by atoms with E-state index in [2.05, 4.69) is 23.9 Å². The Bertz CT molecular complexity index is 721. The average Bonchev–Trinajstić information content (AvgIpc) is 2.89. The fourth-order valence-electron chi connectivity index (χ4n) is 2.74. The quantitative estimate of drug-likeness (QED) is 0.528. The number of halogens is 1. The fraction of sp³-hybridized carbons (Fsp3) is 0.571. The van der Waals surface area contributed by atoms with Crippen LogP contribution in [0.25, 0.3) is 10.9 Å². The van der Waals surface area contributed by atoms with Gasteiger partial charge >= 0.3 is 0 Å². The number of rotatable bonds is 3. The zero-order valence-corrected chi connectivity index (χ0v) is 14.3. The first kappa shape index (κ1) is 15.9. The third-order valence-corrected chi connectivity index (χ3v) is 5.89. The molecule has 0 saturated carbocycles. The van der Waals surface area contributed by atoms with E-state index in [1.165, 1.54) is 0 Å². The van der Waals surface area contributed by atoms with Crippen molar-refractivity contribution in [1.29, 1.82) is 4.78 Å². The largest absolute Gasteiger partial charge is 0.626 e. The van der Waals surface area contributed by atoms with Crippen molar-refractivity contribution in [3.63, 3.8) is 0 Å². The van der Waals surface area contributed by atoms with Gasteiger partial charge in [0.25, 0.3) is 5.82 Å². The molecule has 2 aromatic rings. The SMILES string of the molecule is CCC(C)n1nc([N+]2([O-])CCS(=N)CC2)c2cnc(Cl)cc21. The lowest BCUT2D eigenvalue weighted by Gasteiger charge is -2.43. The van der Waals surface area contributed by atoms with Crippen LogP contribution in [0.15, 0.2) is 12.3 Å². The number of hydrogen-bond donors (Lipinski definition) is 1. The summed E-state index contributed by atoms with van der Waals surface area (Å²) in [6.45, 7) is 5.01. The Morgan fingerprint density at radius 2 is 2.18 bits per heavy atom. The molecule has 1 aliphatic rings. The lowest BCUT2D eigenvalue weighted by atomic mass is 10.2. The number of hydroxylamine groups is 2. The van der Waals surface area contributed by atoms with Crippen LogP contribution in [0, 0.1) is 9.99 Å². The molecule has 22 heavy (non-hydrogen) atoms. The van der Waals surface area contributed by atoms with Gasteiger partial charge in [-0.15, -0.1) is 5.10 Å². The molecular formula is C14H20ClN5OS. The van der Waals surface area contributed by atoms with Crippen molar-refractivity contribution in [3.05, 3.63) is 22.6 Å². The van der Waals surface area contributed by atoms with Gasteiger partial charge in [0.05, 0.1) is 30.1 Å². The molecule has 1 unspecified atom stereocenters. The first-order chi connectivity index (χ1) is 10.4. The van der Waals surface area contributed by atoms with Gasteiger partial charge in [0.2, 0.25) is 0 Å². The molecule has 0 spiro atoms. The Labute approximate surface area is 137 Å². The molecular weight excluding hydrogens is 322 g/mol. The maximum absolute atomic E-state index is 13.2. The molecule has 1 atom stereocenters. The monoisotopic (exact) mass is 341 g/mol. The van der Waals surface area contributed by atoms with Crippen molar-refractivity contribution < 1.29 is 0 Å². The lowest BCUT2D eigenvalue weighted by Crippen LogP contribution is -2.52. The maximum atomic E-state index is 13.2. The van der Waals surface area contributed by atoms with Crippen LogP contribution in [0.3, 0.4) is 0 Å². The van der Waals surface area contributed by atoms with E-state index in [1.54, 1.807) is 12.3 Å². The Kier molecular flexibility index (Phi) is 4.24. The molecule has 1 N–H and O–H groups in total. The van der Waals surface area contributed by atoms with Gasteiger partial charge in [-0.1, -0.05) is 29.2 Å². The summed E-state index contributed by atoms with van der Waals surface area (Å²) in [7, 11) is -0.388. The van der Waals surface area contributed by atoms with E-state index in [1.807, 2.05) is 4.68 Å². The first-order valence-corrected chi connectivity index (χ1v) is 9.40. The topological polar surface area (TPSA) is 77.6 Å². The highest BCUT2D eigenvalue weighted by Crippen LogP contribution is 2.34. The molecule has 0 aliphatic carbocycles. The van der Waals surface area contributed by atoms with Gasteiger partial charge in [-0.2, -0.15) is 0 Å². The summed E-state index contributed by atoms with van der Waals surface area (Å²) in [5.74, 6) is 1.81. The Morgan fingerprint density at radius 3 is 2.82 bits per heavy atom. The minimum atomic E-state index is -0.453. The van der Waals surface area contributed by atoms with Crippen molar-refractivity contribution >= 4 is 39.0 Å². The molecule has 3 rings (SSSR count). The third-order valence-electron chi connectivity index (χ3n) is 4.33. The number of fused-ring (bicyclic) bond motifs is 1. The van der Waals surface area contributed by atoms with Crippen LogP contribution >= 0.6 is 11.6 Å². The maximum Gasteiger partial charge on any atom is 0.256 e. The standard InChI is InChI=1S/C14H20ClN5OS/c1-3-10(2)19-12-8-13(15)17-9-11(12)14(18-19)20(21)4-6-22(16)7-5-20/h8-10,16H,3-7H2,1-2H3. The summed E-state index contributed by atoms with van der Waals surface area (Å²) in [5, 5.41) is 19.0. The highest BCUT2D eigenvalue weighted by atomic mass is 35.5. The summed E-state index contributed by atoms with van der Waals surface area (Å²) in [4.78, 5) is 4.14. The molecule has 0 aromatic carbocycles. The molecule has 2 aromatic heterocycles. The Morgan fingerprint density at radius 1 is 1.50 bits per heavy atom. The van der Waals surface area contributed by atoms with Crippen molar-refractivity contribution in [1.82, 2.24) is 19.4 Å². The van der Waals surface area contributed by atoms with Crippen molar-refractivity contribution in [2.24, 2.45) is 0 Å². The van der Waals surface area contributed by atoms with E-state index in [0.717, 1.165) is 17.3 Å². The van der Waals surface area contributed by atoms with E-state index >= 15 is 0 Å². The molecule has 3 heterocycles. The second-order valence-electron chi connectivity index (χ2n) is 5.79. The molecule has 0 bridgehead atoms. The predicted octanol–water partition coefficient (Wildman–Crippen LogP) is 3.26. The van der Waals surface area contributed by atoms with Crippen LogP contribution in [0.4, 0.5) is 5.82 Å². The van der Waals surface area contributed by atoms with Gasteiger partial charge in [-0.05, 0) is 13.3 Å². The minimum Gasteiger partial charge on any atom is -0.626 e. The number of nitrogens with zero attached hydrogens (tertiary/aromatic N) is 4. The van der Waals surface area contributed by atoms with Crippen LogP contribution < -0.4 is 4.65 Å². The molecule has 0 radical (unpaired) electrons. The fourth-order valence-corrected chi connectivity index (χ4v) is 4.13. The van der Waals surface area contributed by atoms with Gasteiger partial charge < -0.3 is 9.85 Å². The number of quaternary nitrogens is 1. The molecule has 0 amide bonds. The number of pyridine rings is 1. The average molecular weight is 342 g/mol. The second-order valence-corrected chi connectivity index (χ2v) is 7.98. The van der Waals surface area contributed by atoms with E-state index < -0.39 is 4.65 Å². The Hall–Kier alpha value is -1.02. The molecule has 6 nitrogen and oxygen atoms in total. The summed E-state index contributed by atoms with van der Waals surface area (Å²) >= 11 is 6.03. The number of nitrogens with one attached hydrogen (secondary N) is 1.